The van der Waals surface area contributed by atoms with Crippen LogP contribution in [0.3, 0.4) is 0 Å². The highest BCUT2D eigenvalue weighted by Crippen LogP contribution is 2.30. The van der Waals surface area contributed by atoms with Crippen LogP contribution in [0, 0.1) is 0 Å². The van der Waals surface area contributed by atoms with Crippen molar-refractivity contribution in [3.63, 3.8) is 0 Å². The van der Waals surface area contributed by atoms with E-state index in [0.29, 0.717) is 29.7 Å². The molecule has 0 aromatic carbocycles. The molecule has 0 radical (unpaired) electrons. The second-order valence-electron chi connectivity index (χ2n) is 4.24. The largest absolute Gasteiger partial charge is 0.407 e. The smallest absolute Gasteiger partial charge is 0.315 e. The number of thioether (sulfide) groups is 1. The number of nitrogens with zero attached hydrogens (tertiary/aromatic N) is 2. The van der Waals surface area contributed by atoms with Gasteiger partial charge in [-0.3, -0.25) is 0 Å². The minimum Gasteiger partial charge on any atom is -0.407 e. The minimum absolute atomic E-state index is 0.470. The van der Waals surface area contributed by atoms with Gasteiger partial charge in [-0.2, -0.15) is 11.8 Å². The molecule has 1 fully saturated rings. The lowest BCUT2D eigenvalue weighted by molar-refractivity contribution is 0.477. The van der Waals surface area contributed by atoms with Crippen LogP contribution < -0.4 is 10.6 Å². The molecule has 2 atom stereocenters. The molecule has 1 aliphatic rings. The zero-order valence-electron chi connectivity index (χ0n) is 10.4. The predicted octanol–water partition coefficient (Wildman–Crippen LogP) is 1.88. The minimum atomic E-state index is 0.470. The topological polar surface area (TPSA) is 63.0 Å². The molecule has 96 valence electrons. The van der Waals surface area contributed by atoms with Gasteiger partial charge in [0.05, 0.1) is 6.54 Å². The summed E-state index contributed by atoms with van der Waals surface area (Å²) < 4.78 is 5.54. The molecule has 0 bridgehead atoms. The molecule has 0 saturated heterocycles. The van der Waals surface area contributed by atoms with E-state index in [1.165, 1.54) is 19.3 Å². The first-order chi connectivity index (χ1) is 8.33. The maximum Gasteiger partial charge on any atom is 0.315 e. The van der Waals surface area contributed by atoms with Crippen LogP contribution in [-0.4, -0.2) is 34.3 Å². The summed E-state index contributed by atoms with van der Waals surface area (Å²) >= 11 is 1.92. The van der Waals surface area contributed by atoms with Crippen molar-refractivity contribution in [2.75, 3.05) is 18.1 Å². The number of nitrogens with one attached hydrogen (secondary N) is 2. The van der Waals surface area contributed by atoms with E-state index in [9.17, 15) is 0 Å². The van der Waals surface area contributed by atoms with E-state index in [2.05, 4.69) is 34.0 Å². The Morgan fingerprint density at radius 3 is 3.06 bits per heavy atom. The quantitative estimate of drug-likeness (QED) is 0.810. The lowest BCUT2D eigenvalue weighted by Crippen LogP contribution is -2.25. The SMILES string of the molecule is CCNCc1nnc(NC2CCCC2SC)o1. The Morgan fingerprint density at radius 2 is 2.29 bits per heavy atom. The second-order valence-corrected chi connectivity index (χ2v) is 5.31. The van der Waals surface area contributed by atoms with Crippen LogP contribution in [0.25, 0.3) is 0 Å². The molecule has 0 spiro atoms. The zero-order valence-corrected chi connectivity index (χ0v) is 11.2. The Hall–Kier alpha value is -0.750. The summed E-state index contributed by atoms with van der Waals surface area (Å²) in [5.74, 6) is 0.646. The lowest BCUT2D eigenvalue weighted by Gasteiger charge is -2.17. The number of aromatic nitrogens is 2. The first-order valence-corrected chi connectivity index (χ1v) is 7.44. The molecular weight excluding hydrogens is 236 g/mol. The fourth-order valence-electron chi connectivity index (χ4n) is 2.15. The van der Waals surface area contributed by atoms with Gasteiger partial charge in [-0.15, -0.1) is 5.10 Å². The third-order valence-corrected chi connectivity index (χ3v) is 4.23. The van der Waals surface area contributed by atoms with Crippen LogP contribution in [0.15, 0.2) is 4.42 Å². The number of rotatable bonds is 6. The van der Waals surface area contributed by atoms with Crippen molar-refractivity contribution in [2.45, 2.75) is 44.0 Å². The summed E-state index contributed by atoms with van der Waals surface area (Å²) in [6.07, 6.45) is 5.91. The average molecular weight is 256 g/mol. The van der Waals surface area contributed by atoms with E-state index >= 15 is 0 Å². The Bertz CT molecular complexity index is 344. The molecule has 2 N–H and O–H groups in total. The Balaban J connectivity index is 1.87. The van der Waals surface area contributed by atoms with Crippen molar-refractivity contribution in [1.29, 1.82) is 0 Å². The second kappa shape index (κ2) is 6.26. The molecule has 0 amide bonds. The monoisotopic (exact) mass is 256 g/mol. The van der Waals surface area contributed by atoms with Crippen LogP contribution >= 0.6 is 11.8 Å². The fourth-order valence-corrected chi connectivity index (χ4v) is 3.08. The molecule has 2 unspecified atom stereocenters. The highest BCUT2D eigenvalue weighted by molar-refractivity contribution is 7.99. The third kappa shape index (κ3) is 3.35. The van der Waals surface area contributed by atoms with Crippen molar-refractivity contribution < 1.29 is 4.42 Å². The highest BCUT2D eigenvalue weighted by Gasteiger charge is 2.27. The highest BCUT2D eigenvalue weighted by atomic mass is 32.2. The Kier molecular flexibility index (Phi) is 4.67. The fraction of sp³-hybridized carbons (Fsp3) is 0.818. The molecule has 1 aromatic heterocycles. The number of hydrogen-bond donors (Lipinski definition) is 2. The molecule has 2 rings (SSSR count). The van der Waals surface area contributed by atoms with E-state index in [0.717, 1.165) is 6.54 Å². The zero-order chi connectivity index (χ0) is 12.1. The molecular formula is C11H20N4OS. The number of hydrogen-bond acceptors (Lipinski definition) is 6. The van der Waals surface area contributed by atoms with E-state index < -0.39 is 0 Å². The molecule has 1 aliphatic carbocycles. The standard InChI is InChI=1S/C11H20N4OS/c1-3-12-7-10-14-15-11(16-10)13-8-5-4-6-9(8)17-2/h8-9,12H,3-7H2,1-2H3,(H,13,15). The van der Waals surface area contributed by atoms with Gasteiger partial charge in [-0.05, 0) is 25.6 Å². The first-order valence-electron chi connectivity index (χ1n) is 6.16. The Labute approximate surface area is 106 Å². The van der Waals surface area contributed by atoms with Crippen molar-refractivity contribution in [1.82, 2.24) is 15.5 Å². The van der Waals surface area contributed by atoms with Gasteiger partial charge in [0.25, 0.3) is 0 Å². The lowest BCUT2D eigenvalue weighted by atomic mass is 10.2. The number of anilines is 1. The van der Waals surface area contributed by atoms with E-state index in [1.54, 1.807) is 0 Å². The summed E-state index contributed by atoms with van der Waals surface area (Å²) in [5.41, 5.74) is 0. The summed E-state index contributed by atoms with van der Waals surface area (Å²) in [6.45, 7) is 3.60. The van der Waals surface area contributed by atoms with Gasteiger partial charge in [0, 0.05) is 11.3 Å². The van der Waals surface area contributed by atoms with Gasteiger partial charge in [0.15, 0.2) is 0 Å². The van der Waals surface area contributed by atoms with Gasteiger partial charge in [0.2, 0.25) is 5.89 Å². The molecule has 6 heteroatoms. The Morgan fingerprint density at radius 1 is 1.41 bits per heavy atom. The van der Waals surface area contributed by atoms with Crippen LogP contribution in [0.1, 0.15) is 32.1 Å². The van der Waals surface area contributed by atoms with Crippen LogP contribution in [0.4, 0.5) is 6.01 Å². The van der Waals surface area contributed by atoms with Gasteiger partial charge < -0.3 is 15.1 Å². The summed E-state index contributed by atoms with van der Waals surface area (Å²) in [7, 11) is 0. The predicted molar refractivity (Wildman–Crippen MR) is 70.2 cm³/mol. The molecule has 5 nitrogen and oxygen atoms in total. The third-order valence-electron chi connectivity index (χ3n) is 3.06. The molecule has 1 aromatic rings. The molecule has 17 heavy (non-hydrogen) atoms. The maximum absolute atomic E-state index is 5.54. The average Bonchev–Trinajstić information content (AvgIpc) is 2.96. The van der Waals surface area contributed by atoms with Crippen molar-refractivity contribution in [3.8, 4) is 0 Å². The van der Waals surface area contributed by atoms with E-state index in [-0.39, 0.29) is 0 Å². The van der Waals surface area contributed by atoms with Crippen molar-refractivity contribution in [2.24, 2.45) is 0 Å². The van der Waals surface area contributed by atoms with Crippen LogP contribution in [0.2, 0.25) is 0 Å². The van der Waals surface area contributed by atoms with E-state index in [4.69, 9.17) is 4.42 Å². The van der Waals surface area contributed by atoms with Gasteiger partial charge in [0.1, 0.15) is 0 Å². The van der Waals surface area contributed by atoms with Crippen LogP contribution in [0.5, 0.6) is 0 Å². The molecule has 1 saturated carbocycles. The summed E-state index contributed by atoms with van der Waals surface area (Å²) in [4.78, 5) is 0. The van der Waals surface area contributed by atoms with Crippen molar-refractivity contribution in [3.05, 3.63) is 5.89 Å². The van der Waals surface area contributed by atoms with Crippen molar-refractivity contribution >= 4 is 17.8 Å². The maximum atomic E-state index is 5.54. The molecule has 1 heterocycles. The van der Waals surface area contributed by atoms with Crippen LogP contribution in [-0.2, 0) is 6.54 Å². The van der Waals surface area contributed by atoms with E-state index in [1.807, 2.05) is 11.8 Å². The van der Waals surface area contributed by atoms with Gasteiger partial charge in [-0.25, -0.2) is 0 Å². The first kappa shape index (κ1) is 12.7. The van der Waals surface area contributed by atoms with Gasteiger partial charge >= 0.3 is 6.01 Å². The summed E-state index contributed by atoms with van der Waals surface area (Å²) in [6, 6.07) is 1.03. The normalized spacial score (nSPS) is 24.1. The molecule has 0 aliphatic heterocycles. The van der Waals surface area contributed by atoms with Gasteiger partial charge in [-0.1, -0.05) is 18.4 Å². The summed E-state index contributed by atoms with van der Waals surface area (Å²) in [5, 5.41) is 15.2.